The van der Waals surface area contributed by atoms with Crippen molar-refractivity contribution in [1.82, 2.24) is 4.90 Å². The molecule has 6 rings (SSSR count). The molecule has 4 aromatic rings. The maximum Gasteiger partial charge on any atom is 0.414 e. The van der Waals surface area contributed by atoms with Crippen LogP contribution in [0.5, 0.6) is 11.5 Å². The molecule has 2 aromatic carbocycles. The molecule has 4 atom stereocenters. The topological polar surface area (TPSA) is 81.4 Å². The monoisotopic (exact) mass is 742 g/mol. The molecular formula is C37H39Cl2FN3O6S+. The molecule has 2 bridgehead atoms. The van der Waals surface area contributed by atoms with Crippen LogP contribution in [-0.4, -0.2) is 56.4 Å². The van der Waals surface area contributed by atoms with E-state index >= 15 is 4.39 Å². The number of carbonyl (C=O) groups excluding carboxylic acids is 2. The van der Waals surface area contributed by atoms with E-state index in [4.69, 9.17) is 42.1 Å². The zero-order valence-corrected chi connectivity index (χ0v) is 30.6. The molecule has 13 heteroatoms. The normalized spacial score (nSPS) is 19.1. The molecule has 50 heavy (non-hydrogen) atoms. The minimum Gasteiger partial charge on any atom is -0.493 e. The van der Waals surface area contributed by atoms with E-state index in [0.29, 0.717) is 54.5 Å². The van der Waals surface area contributed by atoms with Crippen LogP contribution < -0.4 is 18.9 Å². The number of hydrogen-bond acceptors (Lipinski definition) is 8. The number of hydrogen-bond donors (Lipinski definition) is 0. The maximum absolute atomic E-state index is 15.1. The van der Waals surface area contributed by atoms with E-state index in [1.54, 1.807) is 65.5 Å². The number of benzene rings is 2. The molecule has 4 heterocycles. The standard InChI is InChI=1S/C37H39Cl2FN3O6S/c1-41-20-28(38)27(29(39)21-41)18-33(22-9-13-32(46-3)34(15-22)47-4)49-36(44)35-14-12-26(50-35)19-43(31-8-6-5-7-30(31)40)37(45)48-25-16-23-10-11-24(17-25)42(23)2/h5-9,12-15,20-21,23-25,33H,10-11,16-19H2,1-4H3/q+1/t23-,24+,25?,33-/m0/s1. The van der Waals surface area contributed by atoms with Crippen molar-refractivity contribution in [3.63, 3.8) is 0 Å². The number of halogens is 3. The van der Waals surface area contributed by atoms with Gasteiger partial charge in [-0.2, -0.15) is 0 Å². The molecule has 2 aliphatic rings. The third-order valence-electron chi connectivity index (χ3n) is 9.49. The highest BCUT2D eigenvalue weighted by atomic mass is 35.5. The van der Waals surface area contributed by atoms with Crippen LogP contribution in [0.2, 0.25) is 10.0 Å². The third kappa shape index (κ3) is 7.86. The smallest absolute Gasteiger partial charge is 0.414 e. The number of nitrogens with zero attached hydrogens (tertiary/aromatic N) is 3. The second kappa shape index (κ2) is 15.6. The van der Waals surface area contributed by atoms with Gasteiger partial charge in [-0.1, -0.05) is 41.4 Å². The SMILES string of the molecule is COc1ccc([C@H](Cc2c(Cl)c[n+](C)cc2Cl)OC(=O)c2ccc(CN(C(=O)OC3C[C@H]4CC[C@@H](C3)N4C)c3ccccc3F)s2)cc1OC. The zero-order valence-electron chi connectivity index (χ0n) is 28.2. The van der Waals surface area contributed by atoms with Crippen LogP contribution in [0.4, 0.5) is 14.9 Å². The first-order valence-electron chi connectivity index (χ1n) is 16.3. The van der Waals surface area contributed by atoms with Crippen LogP contribution >= 0.6 is 34.5 Å². The minimum absolute atomic E-state index is 0.00253. The van der Waals surface area contributed by atoms with Crippen molar-refractivity contribution in [2.45, 2.75) is 62.9 Å². The number of aryl methyl sites for hydroxylation is 1. The van der Waals surface area contributed by atoms with Crippen LogP contribution in [0.25, 0.3) is 0 Å². The number of thiophene rings is 1. The van der Waals surface area contributed by atoms with Gasteiger partial charge in [-0.15, -0.1) is 11.3 Å². The molecule has 1 amide bonds. The Morgan fingerprint density at radius 1 is 1.00 bits per heavy atom. The largest absolute Gasteiger partial charge is 0.493 e. The first-order chi connectivity index (χ1) is 24.0. The van der Waals surface area contributed by atoms with Gasteiger partial charge >= 0.3 is 12.1 Å². The molecular weight excluding hydrogens is 704 g/mol. The van der Waals surface area contributed by atoms with Crippen molar-refractivity contribution in [3.8, 4) is 11.5 Å². The quantitative estimate of drug-likeness (QED) is 0.114. The molecule has 264 valence electrons. The van der Waals surface area contributed by atoms with Crippen LogP contribution in [0.15, 0.2) is 67.0 Å². The lowest BCUT2D eigenvalue weighted by molar-refractivity contribution is -0.671. The summed E-state index contributed by atoms with van der Waals surface area (Å²) in [5, 5.41) is 0.848. The van der Waals surface area contributed by atoms with Gasteiger partial charge in [0, 0.05) is 41.8 Å². The van der Waals surface area contributed by atoms with Crippen LogP contribution in [-0.2, 0) is 29.5 Å². The minimum atomic E-state index is -0.801. The Morgan fingerprint density at radius 3 is 2.34 bits per heavy atom. The summed E-state index contributed by atoms with van der Waals surface area (Å²) < 4.78 is 39.9. The Morgan fingerprint density at radius 2 is 1.68 bits per heavy atom. The van der Waals surface area contributed by atoms with Gasteiger partial charge in [0.15, 0.2) is 23.9 Å². The van der Waals surface area contributed by atoms with Gasteiger partial charge in [0.05, 0.1) is 26.5 Å². The lowest BCUT2D eigenvalue weighted by Gasteiger charge is -2.36. The van der Waals surface area contributed by atoms with E-state index in [0.717, 1.165) is 37.0 Å². The highest BCUT2D eigenvalue weighted by Crippen LogP contribution is 2.38. The Kier molecular flexibility index (Phi) is 11.2. The lowest BCUT2D eigenvalue weighted by atomic mass is 10.0. The first kappa shape index (κ1) is 35.9. The Labute approximate surface area is 305 Å². The highest BCUT2D eigenvalue weighted by molar-refractivity contribution is 7.14. The fourth-order valence-electron chi connectivity index (χ4n) is 6.82. The summed E-state index contributed by atoms with van der Waals surface area (Å²) in [6.45, 7) is 0.00253. The first-order valence-corrected chi connectivity index (χ1v) is 17.9. The molecule has 2 aliphatic heterocycles. The van der Waals surface area contributed by atoms with Crippen molar-refractivity contribution < 1.29 is 37.5 Å². The van der Waals surface area contributed by atoms with E-state index < -0.39 is 24.0 Å². The Balaban J connectivity index is 1.23. The average molecular weight is 744 g/mol. The number of para-hydroxylation sites is 1. The molecule has 0 N–H and O–H groups in total. The Hall–Kier alpha value is -3.90. The number of ether oxygens (including phenoxy) is 4. The van der Waals surface area contributed by atoms with Gasteiger partial charge in [0.2, 0.25) is 0 Å². The molecule has 0 saturated carbocycles. The van der Waals surface area contributed by atoms with E-state index in [-0.39, 0.29) is 24.8 Å². The second-order valence-electron chi connectivity index (χ2n) is 12.6. The number of aromatic nitrogens is 1. The molecule has 2 saturated heterocycles. The number of rotatable bonds is 11. The van der Waals surface area contributed by atoms with Gasteiger partial charge in [0.1, 0.15) is 40.0 Å². The number of pyridine rings is 1. The molecule has 1 unspecified atom stereocenters. The van der Waals surface area contributed by atoms with Gasteiger partial charge in [-0.3, -0.25) is 4.90 Å². The van der Waals surface area contributed by atoms with E-state index in [9.17, 15) is 9.59 Å². The summed E-state index contributed by atoms with van der Waals surface area (Å²) in [7, 11) is 7.00. The van der Waals surface area contributed by atoms with E-state index in [2.05, 4.69) is 11.9 Å². The number of carbonyl (C=O) groups is 2. The van der Waals surface area contributed by atoms with Gasteiger partial charge in [-0.05, 0) is 61.9 Å². The average Bonchev–Trinajstić information content (AvgIpc) is 3.63. The van der Waals surface area contributed by atoms with Crippen molar-refractivity contribution >= 4 is 52.3 Å². The van der Waals surface area contributed by atoms with Crippen LogP contribution in [0.3, 0.4) is 0 Å². The number of piperidine rings is 1. The predicted molar refractivity (Wildman–Crippen MR) is 190 cm³/mol. The summed E-state index contributed by atoms with van der Waals surface area (Å²) in [6, 6.07) is 15.5. The van der Waals surface area contributed by atoms with Crippen LogP contribution in [0.1, 0.15) is 57.5 Å². The van der Waals surface area contributed by atoms with Crippen molar-refractivity contribution in [3.05, 3.63) is 104 Å². The predicted octanol–water partition coefficient (Wildman–Crippen LogP) is 7.94. The number of esters is 1. The summed E-state index contributed by atoms with van der Waals surface area (Å²) >= 11 is 14.3. The third-order valence-corrected chi connectivity index (χ3v) is 11.2. The Bertz CT molecular complexity index is 1840. The summed E-state index contributed by atoms with van der Waals surface area (Å²) in [5.74, 6) is -0.146. The van der Waals surface area contributed by atoms with Crippen LogP contribution in [0, 0.1) is 5.82 Å². The highest BCUT2D eigenvalue weighted by Gasteiger charge is 2.40. The van der Waals surface area contributed by atoms with Gasteiger partial charge in [0.25, 0.3) is 0 Å². The number of methoxy groups -OCH3 is 2. The fourth-order valence-corrected chi connectivity index (χ4v) is 8.42. The fraction of sp³-hybridized carbons (Fsp3) is 0.378. The van der Waals surface area contributed by atoms with Crippen molar-refractivity contribution in [2.75, 3.05) is 26.2 Å². The van der Waals surface area contributed by atoms with Crippen molar-refractivity contribution in [1.29, 1.82) is 0 Å². The van der Waals surface area contributed by atoms with Gasteiger partial charge in [-0.25, -0.2) is 18.5 Å². The molecule has 2 aromatic heterocycles. The lowest BCUT2D eigenvalue weighted by Crippen LogP contribution is -2.45. The van der Waals surface area contributed by atoms with E-state index in [1.807, 2.05) is 7.05 Å². The molecule has 0 radical (unpaired) electrons. The summed E-state index contributed by atoms with van der Waals surface area (Å²) in [6.07, 6.45) is 5.62. The molecule has 9 nitrogen and oxygen atoms in total. The summed E-state index contributed by atoms with van der Waals surface area (Å²) in [4.78, 5) is 32.0. The molecule has 0 aliphatic carbocycles. The molecule has 2 fully saturated rings. The van der Waals surface area contributed by atoms with Gasteiger partial charge < -0.3 is 23.8 Å². The van der Waals surface area contributed by atoms with Crippen molar-refractivity contribution in [2.24, 2.45) is 7.05 Å². The summed E-state index contributed by atoms with van der Waals surface area (Å²) in [5.41, 5.74) is 1.36. The maximum atomic E-state index is 15.1. The number of amides is 1. The second-order valence-corrected chi connectivity index (χ2v) is 14.6. The molecule has 0 spiro atoms. The number of anilines is 1. The number of fused-ring (bicyclic) bond motifs is 2. The zero-order chi connectivity index (χ0) is 35.5. The van der Waals surface area contributed by atoms with E-state index in [1.165, 1.54) is 25.2 Å².